The van der Waals surface area contributed by atoms with Crippen LogP contribution in [0, 0.1) is 0 Å². The summed E-state index contributed by atoms with van der Waals surface area (Å²) in [5.74, 6) is 0. The predicted molar refractivity (Wildman–Crippen MR) is 90.0 cm³/mol. The van der Waals surface area contributed by atoms with Gasteiger partial charge in [0.25, 0.3) is 0 Å². The molecular weight excluding hydrogens is 294 g/mol. The first-order chi connectivity index (χ1) is 10.8. The third-order valence-electron chi connectivity index (χ3n) is 4.06. The number of hydrogen-bond acceptors (Lipinski definition) is 4. The molecule has 3 nitrogen and oxygen atoms in total. The average Bonchev–Trinajstić information content (AvgIpc) is 3.22. The average molecular weight is 317 g/mol. The predicted octanol–water partition coefficient (Wildman–Crippen LogP) is 3.46. The molecule has 4 heteroatoms. The second-order valence-corrected chi connectivity index (χ2v) is 6.87. The van der Waals surface area contributed by atoms with Crippen molar-refractivity contribution in [2.45, 2.75) is 31.6 Å². The Morgan fingerprint density at radius 3 is 2.77 bits per heavy atom. The highest BCUT2D eigenvalue weighted by Gasteiger charge is 2.21. The van der Waals surface area contributed by atoms with Crippen molar-refractivity contribution in [3.8, 4) is 0 Å². The van der Waals surface area contributed by atoms with Gasteiger partial charge in [0.2, 0.25) is 0 Å². The topological polar surface area (TPSA) is 32.7 Å². The minimum atomic E-state index is -0.456. The van der Waals surface area contributed by atoms with Crippen molar-refractivity contribution >= 4 is 11.3 Å². The number of hydrogen-bond donors (Lipinski definition) is 1. The maximum Gasteiger partial charge on any atom is 0.0917 e. The van der Waals surface area contributed by atoms with Gasteiger partial charge >= 0.3 is 0 Å². The number of rotatable bonds is 7. The van der Waals surface area contributed by atoms with Crippen LogP contribution in [0.5, 0.6) is 0 Å². The van der Waals surface area contributed by atoms with Gasteiger partial charge in [-0.1, -0.05) is 36.4 Å². The maximum absolute atomic E-state index is 10.5. The Labute approximate surface area is 136 Å². The Balaban J connectivity index is 1.64. The van der Waals surface area contributed by atoms with E-state index in [9.17, 15) is 5.11 Å². The van der Waals surface area contributed by atoms with E-state index in [0.29, 0.717) is 12.6 Å². The summed E-state index contributed by atoms with van der Waals surface area (Å²) in [5, 5.41) is 12.6. The van der Waals surface area contributed by atoms with Gasteiger partial charge in [-0.15, -0.1) is 11.3 Å². The molecule has 1 aromatic heterocycles. The zero-order chi connectivity index (χ0) is 15.2. The molecule has 2 unspecified atom stereocenters. The Kier molecular flexibility index (Phi) is 5.62. The standard InChI is InChI=1S/C18H23NO2S/c20-18(15-6-2-1-3-7-15)14-19(12-16-8-4-10-21-16)13-17-9-5-11-22-17/h1-3,5-7,9,11,16,18,20H,4,8,10,12-14H2. The molecule has 2 aromatic rings. The Bertz CT molecular complexity index is 537. The molecule has 0 bridgehead atoms. The Hall–Kier alpha value is -1.20. The van der Waals surface area contributed by atoms with E-state index in [-0.39, 0.29) is 0 Å². The van der Waals surface area contributed by atoms with Crippen LogP contribution in [0.15, 0.2) is 47.8 Å². The summed E-state index contributed by atoms with van der Waals surface area (Å²) in [7, 11) is 0. The van der Waals surface area contributed by atoms with Crippen molar-refractivity contribution in [1.29, 1.82) is 0 Å². The second kappa shape index (κ2) is 7.88. The van der Waals surface area contributed by atoms with Crippen molar-refractivity contribution < 1.29 is 9.84 Å². The molecule has 1 fully saturated rings. The Morgan fingerprint density at radius 2 is 2.09 bits per heavy atom. The van der Waals surface area contributed by atoms with Crippen LogP contribution in [0.25, 0.3) is 0 Å². The summed E-state index contributed by atoms with van der Waals surface area (Å²) >= 11 is 1.77. The molecule has 0 spiro atoms. The number of thiophene rings is 1. The van der Waals surface area contributed by atoms with Gasteiger partial charge in [0.15, 0.2) is 0 Å². The van der Waals surface area contributed by atoms with Gasteiger partial charge < -0.3 is 9.84 Å². The number of aliphatic hydroxyl groups excluding tert-OH is 1. The highest BCUT2D eigenvalue weighted by Crippen LogP contribution is 2.20. The number of benzene rings is 1. The van der Waals surface area contributed by atoms with Crippen LogP contribution >= 0.6 is 11.3 Å². The first-order valence-electron chi connectivity index (χ1n) is 7.90. The molecule has 1 N–H and O–H groups in total. The number of ether oxygens (including phenoxy) is 1. The summed E-state index contributed by atoms with van der Waals surface area (Å²) in [6, 6.07) is 14.1. The fraction of sp³-hybridized carbons (Fsp3) is 0.444. The van der Waals surface area contributed by atoms with Crippen molar-refractivity contribution in [1.82, 2.24) is 4.90 Å². The van der Waals surface area contributed by atoms with Gasteiger partial charge in [-0.3, -0.25) is 4.90 Å². The quantitative estimate of drug-likeness (QED) is 0.849. The lowest BCUT2D eigenvalue weighted by Crippen LogP contribution is -2.34. The molecule has 22 heavy (non-hydrogen) atoms. The minimum absolute atomic E-state index is 0.308. The van der Waals surface area contributed by atoms with E-state index in [1.165, 1.54) is 4.88 Å². The molecule has 118 valence electrons. The normalized spacial score (nSPS) is 19.6. The third kappa shape index (κ3) is 4.40. The molecule has 0 amide bonds. The highest BCUT2D eigenvalue weighted by molar-refractivity contribution is 7.09. The zero-order valence-corrected chi connectivity index (χ0v) is 13.5. The van der Waals surface area contributed by atoms with Crippen LogP contribution < -0.4 is 0 Å². The van der Waals surface area contributed by atoms with Crippen molar-refractivity contribution in [3.05, 3.63) is 58.3 Å². The lowest BCUT2D eigenvalue weighted by Gasteiger charge is -2.27. The molecule has 1 aromatic carbocycles. The van der Waals surface area contributed by atoms with Crippen molar-refractivity contribution in [3.63, 3.8) is 0 Å². The number of nitrogens with zero attached hydrogens (tertiary/aromatic N) is 1. The fourth-order valence-corrected chi connectivity index (χ4v) is 3.67. The summed E-state index contributed by atoms with van der Waals surface area (Å²) in [5.41, 5.74) is 0.978. The molecule has 3 rings (SSSR count). The van der Waals surface area contributed by atoms with Crippen molar-refractivity contribution in [2.75, 3.05) is 19.7 Å². The number of aliphatic hydroxyl groups is 1. The molecular formula is C18H23NO2S. The molecule has 1 aliphatic heterocycles. The Morgan fingerprint density at radius 1 is 1.23 bits per heavy atom. The largest absolute Gasteiger partial charge is 0.387 e. The lowest BCUT2D eigenvalue weighted by molar-refractivity contribution is 0.0464. The summed E-state index contributed by atoms with van der Waals surface area (Å²) in [6.07, 6.45) is 2.13. The monoisotopic (exact) mass is 317 g/mol. The first-order valence-corrected chi connectivity index (χ1v) is 8.78. The summed E-state index contributed by atoms with van der Waals surface area (Å²) in [6.45, 7) is 3.28. The van der Waals surface area contributed by atoms with E-state index in [1.807, 2.05) is 30.3 Å². The first kappa shape index (κ1) is 15.7. The summed E-state index contributed by atoms with van der Waals surface area (Å²) in [4.78, 5) is 3.65. The van der Waals surface area contributed by atoms with Gasteiger partial charge in [0.1, 0.15) is 0 Å². The molecule has 1 saturated heterocycles. The maximum atomic E-state index is 10.5. The van der Waals surface area contributed by atoms with Crippen molar-refractivity contribution in [2.24, 2.45) is 0 Å². The van der Waals surface area contributed by atoms with Crippen LogP contribution in [0.1, 0.15) is 29.4 Å². The van der Waals surface area contributed by atoms with Gasteiger partial charge in [0, 0.05) is 31.1 Å². The molecule has 2 atom stereocenters. The van der Waals surface area contributed by atoms with Crippen LogP contribution in [-0.2, 0) is 11.3 Å². The van der Waals surface area contributed by atoms with Crippen LogP contribution in [0.3, 0.4) is 0 Å². The molecule has 0 radical (unpaired) electrons. The van der Waals surface area contributed by atoms with E-state index < -0.39 is 6.10 Å². The van der Waals surface area contributed by atoms with E-state index in [0.717, 1.165) is 38.1 Å². The van der Waals surface area contributed by atoms with Gasteiger partial charge in [-0.05, 0) is 29.9 Å². The summed E-state index contributed by atoms with van der Waals surface area (Å²) < 4.78 is 5.77. The highest BCUT2D eigenvalue weighted by atomic mass is 32.1. The van der Waals surface area contributed by atoms with E-state index >= 15 is 0 Å². The zero-order valence-electron chi connectivity index (χ0n) is 12.7. The van der Waals surface area contributed by atoms with Gasteiger partial charge in [-0.25, -0.2) is 0 Å². The van der Waals surface area contributed by atoms with Gasteiger partial charge in [-0.2, -0.15) is 0 Å². The minimum Gasteiger partial charge on any atom is -0.387 e. The van der Waals surface area contributed by atoms with E-state index in [2.05, 4.69) is 22.4 Å². The molecule has 1 aliphatic rings. The molecule has 2 heterocycles. The molecule has 0 aliphatic carbocycles. The van der Waals surface area contributed by atoms with Gasteiger partial charge in [0.05, 0.1) is 12.2 Å². The lowest BCUT2D eigenvalue weighted by atomic mass is 10.1. The van der Waals surface area contributed by atoms with E-state index in [1.54, 1.807) is 11.3 Å². The molecule has 0 saturated carbocycles. The smallest absolute Gasteiger partial charge is 0.0917 e. The second-order valence-electron chi connectivity index (χ2n) is 5.83. The van der Waals surface area contributed by atoms with E-state index in [4.69, 9.17) is 4.74 Å². The van der Waals surface area contributed by atoms with Crippen LogP contribution in [0.4, 0.5) is 0 Å². The van der Waals surface area contributed by atoms with Crippen LogP contribution in [-0.4, -0.2) is 35.8 Å². The third-order valence-corrected chi connectivity index (χ3v) is 4.92. The SMILES string of the molecule is OC(CN(Cc1cccs1)CC1CCCO1)c1ccccc1. The van der Waals surface area contributed by atoms with Crippen LogP contribution in [0.2, 0.25) is 0 Å². The fourth-order valence-electron chi connectivity index (χ4n) is 2.93.